The minimum Gasteiger partial charge on any atom is -0.495 e. The molecule has 2 aromatic carbocycles. The SMILES string of the molecule is CCN(CC(=O)O[C@H]1CC(=O)N(C)c2cc(cc(OC)c2Cl)C/C(C)=C/C=C/[C@@H](O)[C@@]2(O)C[C@H](OC(=O)N2)C(C)C2OC21C)C(=O)c1ccc(C(C)=O)cc1. The van der Waals surface area contributed by atoms with Gasteiger partial charge in [-0.3, -0.25) is 24.5 Å². The van der Waals surface area contributed by atoms with E-state index in [2.05, 4.69) is 5.32 Å². The monoisotopic (exact) mass is 781 g/mol. The number of carbonyl (C=O) groups excluding carboxylic acids is 5. The Hall–Kier alpha value is -4.76. The molecule has 3 unspecified atom stereocenters. The number of halogens is 1. The Kier molecular flexibility index (Phi) is 12.4. The van der Waals surface area contributed by atoms with Gasteiger partial charge in [0.2, 0.25) is 5.91 Å². The summed E-state index contributed by atoms with van der Waals surface area (Å²) < 4.78 is 23.3. The van der Waals surface area contributed by atoms with Crippen molar-refractivity contribution in [2.75, 3.05) is 32.1 Å². The molecule has 3 heterocycles. The number of carbonyl (C=O) groups is 5. The molecule has 0 aromatic heterocycles. The fraction of sp³-hybridized carbons (Fsp3) is 0.475. The molecule has 296 valence electrons. The Morgan fingerprint density at radius 1 is 1.15 bits per heavy atom. The molecule has 2 fully saturated rings. The topological polar surface area (TPSA) is 185 Å². The van der Waals surface area contributed by atoms with E-state index in [1.165, 1.54) is 54.2 Å². The summed E-state index contributed by atoms with van der Waals surface area (Å²) >= 11 is 6.73. The molecule has 55 heavy (non-hydrogen) atoms. The fourth-order valence-electron chi connectivity index (χ4n) is 7.05. The first-order valence-electron chi connectivity index (χ1n) is 18.0. The first-order valence-corrected chi connectivity index (χ1v) is 18.4. The maximum Gasteiger partial charge on any atom is 0.409 e. The van der Waals surface area contributed by atoms with Crippen LogP contribution in [0.3, 0.4) is 0 Å². The van der Waals surface area contributed by atoms with Gasteiger partial charge in [-0.15, -0.1) is 0 Å². The molecule has 0 aliphatic carbocycles. The molecule has 3 aliphatic rings. The predicted molar refractivity (Wildman–Crippen MR) is 202 cm³/mol. The first kappa shape index (κ1) is 41.4. The van der Waals surface area contributed by atoms with Gasteiger partial charge in [-0.05, 0) is 63.9 Å². The van der Waals surface area contributed by atoms with Gasteiger partial charge in [-0.2, -0.15) is 0 Å². The zero-order valence-corrected chi connectivity index (χ0v) is 32.7. The van der Waals surface area contributed by atoms with Crippen molar-refractivity contribution in [2.24, 2.45) is 5.92 Å². The molecule has 7 atom stereocenters. The van der Waals surface area contributed by atoms with Crippen LogP contribution in [0.25, 0.3) is 0 Å². The van der Waals surface area contributed by atoms with Crippen LogP contribution in [0, 0.1) is 5.92 Å². The third-order valence-corrected chi connectivity index (χ3v) is 10.9. The van der Waals surface area contributed by atoms with E-state index >= 15 is 0 Å². The number of fused-ring (bicyclic) bond motifs is 5. The van der Waals surface area contributed by atoms with Crippen LogP contribution in [0.15, 0.2) is 60.2 Å². The number of benzene rings is 2. The minimum absolute atomic E-state index is 0.151. The largest absolute Gasteiger partial charge is 0.495 e. The zero-order valence-electron chi connectivity index (χ0n) is 32.0. The molecule has 2 saturated heterocycles. The third kappa shape index (κ3) is 9.04. The summed E-state index contributed by atoms with van der Waals surface area (Å²) in [4.78, 5) is 68.3. The normalized spacial score (nSPS) is 29.7. The van der Waals surface area contributed by atoms with Crippen LogP contribution in [-0.4, -0.2) is 108 Å². The molecule has 0 radical (unpaired) electrons. The highest BCUT2D eigenvalue weighted by Gasteiger charge is 2.64. The van der Waals surface area contributed by atoms with Gasteiger partial charge in [0, 0.05) is 37.1 Å². The van der Waals surface area contributed by atoms with Crippen molar-refractivity contribution < 1.29 is 53.1 Å². The molecule has 0 saturated carbocycles. The number of anilines is 1. The van der Waals surface area contributed by atoms with E-state index in [0.29, 0.717) is 23.4 Å². The Labute approximate surface area is 325 Å². The van der Waals surface area contributed by atoms with Gasteiger partial charge in [0.15, 0.2) is 11.5 Å². The summed E-state index contributed by atoms with van der Waals surface area (Å²) in [5.41, 5.74) is -0.696. The van der Waals surface area contributed by atoms with Crippen LogP contribution in [0.2, 0.25) is 5.02 Å². The Bertz CT molecular complexity index is 1900. The van der Waals surface area contributed by atoms with E-state index in [-0.39, 0.29) is 35.8 Å². The Balaban J connectivity index is 1.48. The molecule has 15 heteroatoms. The summed E-state index contributed by atoms with van der Waals surface area (Å²) in [5.74, 6) is -2.18. The molecular formula is C40H48ClN3O11. The number of epoxide rings is 1. The summed E-state index contributed by atoms with van der Waals surface area (Å²) in [6.45, 7) is 8.08. The number of esters is 1. The summed E-state index contributed by atoms with van der Waals surface area (Å²) in [5, 5.41) is 25.0. The number of hydrogen-bond donors (Lipinski definition) is 3. The van der Waals surface area contributed by atoms with Gasteiger partial charge in [0.05, 0.1) is 25.3 Å². The maximum atomic E-state index is 14.1. The van der Waals surface area contributed by atoms with Gasteiger partial charge in [-0.1, -0.05) is 54.5 Å². The summed E-state index contributed by atoms with van der Waals surface area (Å²) in [7, 11) is 3.00. The van der Waals surface area contributed by atoms with Crippen LogP contribution in [0.5, 0.6) is 5.75 Å². The van der Waals surface area contributed by atoms with Crippen LogP contribution in [0.1, 0.15) is 73.7 Å². The van der Waals surface area contributed by atoms with Gasteiger partial charge < -0.3 is 39.0 Å². The minimum atomic E-state index is -2.08. The van der Waals surface area contributed by atoms with E-state index in [1.54, 1.807) is 52.1 Å². The molecule has 5 rings (SSSR count). The quantitative estimate of drug-likeness (QED) is 0.206. The third-order valence-electron chi connectivity index (χ3n) is 10.5. The second-order valence-corrected chi connectivity index (χ2v) is 14.9. The number of allylic oxidation sites excluding steroid dienone is 3. The van der Waals surface area contributed by atoms with Crippen LogP contribution < -0.4 is 15.0 Å². The van der Waals surface area contributed by atoms with Crippen molar-refractivity contribution >= 4 is 46.9 Å². The van der Waals surface area contributed by atoms with Gasteiger partial charge in [0.1, 0.15) is 41.2 Å². The highest BCUT2D eigenvalue weighted by Crippen LogP contribution is 2.49. The molecule has 3 aliphatic heterocycles. The van der Waals surface area contributed by atoms with E-state index in [4.69, 9.17) is 30.5 Å². The van der Waals surface area contributed by atoms with Crippen molar-refractivity contribution in [3.05, 3.63) is 81.9 Å². The number of hydrogen-bond acceptors (Lipinski definition) is 11. The number of amides is 3. The fourth-order valence-corrected chi connectivity index (χ4v) is 7.37. The van der Waals surface area contributed by atoms with Crippen molar-refractivity contribution in [1.29, 1.82) is 0 Å². The second kappa shape index (κ2) is 16.5. The predicted octanol–water partition coefficient (Wildman–Crippen LogP) is 4.38. The highest BCUT2D eigenvalue weighted by atomic mass is 35.5. The second-order valence-electron chi connectivity index (χ2n) is 14.5. The van der Waals surface area contributed by atoms with Crippen LogP contribution >= 0.6 is 11.6 Å². The average Bonchev–Trinajstić information content (AvgIpc) is 3.84. The van der Waals surface area contributed by atoms with Crippen LogP contribution in [0.4, 0.5) is 10.5 Å². The molecule has 0 spiro atoms. The number of nitrogens with zero attached hydrogens (tertiary/aromatic N) is 2. The summed E-state index contributed by atoms with van der Waals surface area (Å²) in [6.07, 6.45) is -0.817. The highest BCUT2D eigenvalue weighted by molar-refractivity contribution is 6.35. The van der Waals surface area contributed by atoms with Crippen molar-refractivity contribution in [3.63, 3.8) is 0 Å². The number of likely N-dealkylation sites (N-methyl/N-ethyl adjacent to an activating group) is 1. The van der Waals surface area contributed by atoms with Crippen molar-refractivity contribution in [2.45, 2.75) is 89.6 Å². The van der Waals surface area contributed by atoms with E-state index in [1.807, 2.05) is 6.92 Å². The molecular weight excluding hydrogens is 734 g/mol. The standard InChI is InChI=1S/C40H48ClN3O11/c1-8-44(37(49)27-14-12-26(13-15-27)24(4)45)21-34(48)54-32-19-33(47)43(6)28-17-25(18-29(52-7)35(28)41)16-22(2)10-9-11-31(46)40(51)20-30(53-38(50)42-40)23(3)36-39(32,5)55-36/h9-15,17-18,23,30-32,36,46,51H,8,16,19-21H2,1-7H3,(H,42,50)/b11-9+,22-10+/t23?,30-,31+,32-,36?,39?,40-/m0/s1. The van der Waals surface area contributed by atoms with Gasteiger partial charge >= 0.3 is 12.1 Å². The zero-order chi connectivity index (χ0) is 40.4. The first-order chi connectivity index (χ1) is 25.9. The smallest absolute Gasteiger partial charge is 0.409 e. The lowest BCUT2D eigenvalue weighted by Crippen LogP contribution is -2.63. The number of nitrogens with one attached hydrogen (secondary N) is 1. The number of methoxy groups -OCH3 is 1. The molecule has 14 nitrogen and oxygen atoms in total. The number of Topliss-reactive ketones (excluding diaryl/α,β-unsaturated/α-hetero) is 1. The maximum absolute atomic E-state index is 14.1. The molecule has 3 amide bonds. The number of ether oxygens (including phenoxy) is 4. The van der Waals surface area contributed by atoms with Gasteiger partial charge in [0.25, 0.3) is 5.91 Å². The average molecular weight is 782 g/mol. The van der Waals surface area contributed by atoms with Crippen LogP contribution in [-0.2, 0) is 30.2 Å². The number of ketones is 1. The molecule has 2 aromatic rings. The van der Waals surface area contributed by atoms with E-state index in [9.17, 15) is 34.2 Å². The molecule has 4 bridgehead atoms. The van der Waals surface area contributed by atoms with E-state index in [0.717, 1.165) is 11.1 Å². The lowest BCUT2D eigenvalue weighted by molar-refractivity contribution is -0.154. The summed E-state index contributed by atoms with van der Waals surface area (Å²) in [6, 6.07) is 9.59. The lowest BCUT2D eigenvalue weighted by atomic mass is 9.83. The Morgan fingerprint density at radius 2 is 1.82 bits per heavy atom. The number of aliphatic hydroxyl groups excluding tert-OH is 1. The number of alkyl carbamates (subject to hydrolysis) is 1. The van der Waals surface area contributed by atoms with Gasteiger partial charge in [-0.25, -0.2) is 4.79 Å². The Morgan fingerprint density at radius 3 is 2.45 bits per heavy atom. The number of rotatable bonds is 7. The van der Waals surface area contributed by atoms with E-state index < -0.39 is 72.1 Å². The van der Waals surface area contributed by atoms with Crippen molar-refractivity contribution in [3.8, 4) is 5.75 Å². The lowest BCUT2D eigenvalue weighted by Gasteiger charge is -2.41. The number of aliphatic hydroxyl groups is 2. The van der Waals surface area contributed by atoms with Crippen molar-refractivity contribution in [1.82, 2.24) is 10.2 Å². The molecule has 3 N–H and O–H groups in total.